The van der Waals surface area contributed by atoms with Crippen molar-refractivity contribution in [1.82, 2.24) is 14.4 Å². The Morgan fingerprint density at radius 3 is 2.69 bits per heavy atom. The van der Waals surface area contributed by atoms with Crippen molar-refractivity contribution < 1.29 is 4.74 Å². The molecule has 1 atom stereocenters. The molecule has 0 radical (unpaired) electrons. The number of imidazole rings is 1. The Kier molecular flexibility index (Phi) is 5.70. The number of ether oxygens (including phenoxy) is 1. The third kappa shape index (κ3) is 3.97. The SMILES string of the molecule is COC1CCC(c2nc(C3=CC4=NC(c5ccccc5)=CCC4(C)C=C3)c3c(Cl)nccn23)CC1. The monoisotopic (exact) mass is 484 g/mol. The Labute approximate surface area is 210 Å². The second-order valence-electron chi connectivity index (χ2n) is 9.97. The first-order valence-corrected chi connectivity index (χ1v) is 12.7. The van der Waals surface area contributed by atoms with E-state index in [0.717, 1.165) is 71.7 Å². The van der Waals surface area contributed by atoms with Gasteiger partial charge in [-0.1, -0.05) is 67.1 Å². The van der Waals surface area contributed by atoms with E-state index in [0.29, 0.717) is 17.2 Å². The molecule has 2 aliphatic carbocycles. The molecular formula is C29H29ClN4O. The number of rotatable bonds is 4. The van der Waals surface area contributed by atoms with Crippen LogP contribution in [0, 0.1) is 5.41 Å². The van der Waals surface area contributed by atoms with Gasteiger partial charge in [-0.3, -0.25) is 9.39 Å². The molecule has 3 aliphatic rings. The fourth-order valence-electron chi connectivity index (χ4n) is 5.55. The number of halogens is 1. The molecule has 3 aromatic rings. The summed E-state index contributed by atoms with van der Waals surface area (Å²) < 4.78 is 7.73. The minimum absolute atomic E-state index is 0.124. The van der Waals surface area contributed by atoms with Crippen LogP contribution < -0.4 is 0 Å². The van der Waals surface area contributed by atoms with Gasteiger partial charge in [0.25, 0.3) is 0 Å². The lowest BCUT2D eigenvalue weighted by molar-refractivity contribution is 0.0650. The molecule has 2 aromatic heterocycles. The van der Waals surface area contributed by atoms with E-state index in [-0.39, 0.29) is 5.41 Å². The normalized spacial score (nSPS) is 26.2. The summed E-state index contributed by atoms with van der Waals surface area (Å²) in [5.41, 5.74) is 5.87. The molecule has 1 aliphatic heterocycles. The van der Waals surface area contributed by atoms with Gasteiger partial charge in [0.15, 0.2) is 5.15 Å². The van der Waals surface area contributed by atoms with Crippen LogP contribution in [-0.4, -0.2) is 33.3 Å². The second-order valence-corrected chi connectivity index (χ2v) is 10.3. The molecular weight excluding hydrogens is 456 g/mol. The smallest absolute Gasteiger partial charge is 0.155 e. The van der Waals surface area contributed by atoms with Crippen molar-refractivity contribution in [2.75, 3.05) is 7.11 Å². The van der Waals surface area contributed by atoms with E-state index in [4.69, 9.17) is 26.3 Å². The molecule has 6 rings (SSSR count). The molecule has 1 fully saturated rings. The van der Waals surface area contributed by atoms with Crippen LogP contribution in [0.25, 0.3) is 16.8 Å². The first kappa shape index (κ1) is 22.4. The van der Waals surface area contributed by atoms with E-state index in [1.54, 1.807) is 6.20 Å². The molecule has 0 N–H and O–H groups in total. The van der Waals surface area contributed by atoms with Gasteiger partial charge in [-0.2, -0.15) is 0 Å². The lowest BCUT2D eigenvalue weighted by Crippen LogP contribution is -2.28. The number of benzene rings is 1. The lowest BCUT2D eigenvalue weighted by atomic mass is 9.75. The number of nitrogens with zero attached hydrogens (tertiary/aromatic N) is 4. The van der Waals surface area contributed by atoms with Gasteiger partial charge in [0.1, 0.15) is 11.3 Å². The van der Waals surface area contributed by atoms with Crippen LogP contribution in [0.5, 0.6) is 0 Å². The summed E-state index contributed by atoms with van der Waals surface area (Å²) in [6.45, 7) is 2.24. The number of aliphatic imine (C=N–C) groups is 1. The van der Waals surface area contributed by atoms with Crippen LogP contribution in [0.4, 0.5) is 0 Å². The van der Waals surface area contributed by atoms with Crippen LogP contribution in [0.15, 0.2) is 72.0 Å². The molecule has 178 valence electrons. The molecule has 1 saturated carbocycles. The van der Waals surface area contributed by atoms with Crippen molar-refractivity contribution in [3.8, 4) is 0 Å². The number of methoxy groups -OCH3 is 1. The quantitative estimate of drug-likeness (QED) is 0.404. The molecule has 3 heterocycles. The zero-order chi connectivity index (χ0) is 24.0. The molecule has 35 heavy (non-hydrogen) atoms. The highest BCUT2D eigenvalue weighted by Crippen LogP contribution is 2.42. The van der Waals surface area contributed by atoms with Crippen LogP contribution in [0.1, 0.15) is 62.0 Å². The molecule has 5 nitrogen and oxygen atoms in total. The Morgan fingerprint density at radius 2 is 1.91 bits per heavy atom. The van der Waals surface area contributed by atoms with Gasteiger partial charge in [0.2, 0.25) is 0 Å². The Hall–Kier alpha value is -3.02. The zero-order valence-electron chi connectivity index (χ0n) is 20.1. The molecule has 0 amide bonds. The average Bonchev–Trinajstić information content (AvgIpc) is 3.29. The molecule has 1 unspecified atom stereocenters. The van der Waals surface area contributed by atoms with Crippen LogP contribution in [-0.2, 0) is 4.74 Å². The van der Waals surface area contributed by atoms with Crippen LogP contribution in [0.2, 0.25) is 5.15 Å². The molecule has 6 heteroatoms. The van der Waals surface area contributed by atoms with Gasteiger partial charge in [0, 0.05) is 36.4 Å². The van der Waals surface area contributed by atoms with Gasteiger partial charge >= 0.3 is 0 Å². The van der Waals surface area contributed by atoms with Gasteiger partial charge < -0.3 is 4.74 Å². The predicted molar refractivity (Wildman–Crippen MR) is 142 cm³/mol. The second kappa shape index (κ2) is 8.89. The van der Waals surface area contributed by atoms with Crippen molar-refractivity contribution in [1.29, 1.82) is 0 Å². The summed E-state index contributed by atoms with van der Waals surface area (Å²) in [7, 11) is 1.81. The number of hydrogen-bond donors (Lipinski definition) is 0. The summed E-state index contributed by atoms with van der Waals surface area (Å²) in [6, 6.07) is 10.4. The third-order valence-corrected chi connectivity index (χ3v) is 8.00. The van der Waals surface area contributed by atoms with Crippen molar-refractivity contribution in [2.24, 2.45) is 10.4 Å². The molecule has 0 spiro atoms. The summed E-state index contributed by atoms with van der Waals surface area (Å²) in [5.74, 6) is 1.44. The number of allylic oxidation sites excluding steroid dienone is 5. The topological polar surface area (TPSA) is 51.8 Å². The minimum atomic E-state index is -0.124. The van der Waals surface area contributed by atoms with E-state index >= 15 is 0 Å². The van der Waals surface area contributed by atoms with Crippen molar-refractivity contribution >= 4 is 34.1 Å². The van der Waals surface area contributed by atoms with Crippen LogP contribution >= 0.6 is 11.6 Å². The average molecular weight is 485 g/mol. The fourth-order valence-corrected chi connectivity index (χ4v) is 5.78. The minimum Gasteiger partial charge on any atom is -0.381 e. The zero-order valence-corrected chi connectivity index (χ0v) is 20.9. The van der Waals surface area contributed by atoms with Crippen LogP contribution in [0.3, 0.4) is 0 Å². The van der Waals surface area contributed by atoms with Gasteiger partial charge in [0.05, 0.1) is 23.2 Å². The third-order valence-electron chi connectivity index (χ3n) is 7.72. The maximum absolute atomic E-state index is 6.66. The van der Waals surface area contributed by atoms with E-state index in [2.05, 4.69) is 64.9 Å². The van der Waals surface area contributed by atoms with Gasteiger partial charge in [-0.05, 0) is 43.7 Å². The Bertz CT molecular complexity index is 1390. The molecule has 1 aromatic carbocycles. The van der Waals surface area contributed by atoms with E-state index in [1.807, 2.05) is 19.4 Å². The largest absolute Gasteiger partial charge is 0.381 e. The maximum Gasteiger partial charge on any atom is 0.155 e. The van der Waals surface area contributed by atoms with Gasteiger partial charge in [-0.25, -0.2) is 9.97 Å². The van der Waals surface area contributed by atoms with E-state index in [9.17, 15) is 0 Å². The lowest BCUT2D eigenvalue weighted by Gasteiger charge is -2.32. The predicted octanol–water partition coefficient (Wildman–Crippen LogP) is 6.90. The number of aromatic nitrogens is 3. The highest BCUT2D eigenvalue weighted by atomic mass is 35.5. The summed E-state index contributed by atoms with van der Waals surface area (Å²) in [5, 5.41) is 0.477. The molecule has 0 saturated heterocycles. The van der Waals surface area contributed by atoms with E-state index in [1.165, 1.54) is 0 Å². The molecule has 0 bridgehead atoms. The van der Waals surface area contributed by atoms with E-state index < -0.39 is 0 Å². The first-order valence-electron chi connectivity index (χ1n) is 12.4. The number of hydrogen-bond acceptors (Lipinski definition) is 4. The van der Waals surface area contributed by atoms with Gasteiger partial charge in [-0.15, -0.1) is 0 Å². The van der Waals surface area contributed by atoms with Crippen molar-refractivity contribution in [3.63, 3.8) is 0 Å². The van der Waals surface area contributed by atoms with Crippen molar-refractivity contribution in [3.05, 3.63) is 89.3 Å². The summed E-state index contributed by atoms with van der Waals surface area (Å²) >= 11 is 6.66. The number of fused-ring (bicyclic) bond motifs is 2. The standard InChI is InChI=1S/C29H29ClN4O/c1-29-14-12-21(18-24(29)32-23(13-15-29)19-6-4-3-5-7-19)25-26-27(30)31-16-17-34(26)28(33-25)20-8-10-22(35-2)11-9-20/h3-7,12-14,16-18,20,22H,8-11,15H2,1-2H3. The fraction of sp³-hybridized carbons (Fsp3) is 0.345. The Morgan fingerprint density at radius 1 is 1.11 bits per heavy atom. The Balaban J connectivity index is 1.42. The first-order chi connectivity index (χ1) is 17.1. The highest BCUT2D eigenvalue weighted by Gasteiger charge is 2.33. The maximum atomic E-state index is 6.66. The van der Waals surface area contributed by atoms with Crippen molar-refractivity contribution in [2.45, 2.75) is 51.0 Å². The summed E-state index contributed by atoms with van der Waals surface area (Å²) in [6.07, 6.45) is 18.1. The highest BCUT2D eigenvalue weighted by molar-refractivity contribution is 6.33. The summed E-state index contributed by atoms with van der Waals surface area (Å²) in [4.78, 5) is 14.7.